The van der Waals surface area contributed by atoms with Crippen LogP contribution in [0.4, 0.5) is 5.69 Å². The minimum atomic E-state index is -3.74. The van der Waals surface area contributed by atoms with Crippen LogP contribution in [0.5, 0.6) is 0 Å². The maximum Gasteiger partial charge on any atom is 0.244 e. The fraction of sp³-hybridized carbons (Fsp3) is 0.462. The molecule has 0 saturated carbocycles. The molecule has 186 valence electrons. The van der Waals surface area contributed by atoms with Crippen molar-refractivity contribution in [1.82, 2.24) is 10.2 Å². The quantitative estimate of drug-likeness (QED) is 0.490. The van der Waals surface area contributed by atoms with Crippen molar-refractivity contribution in [3.63, 3.8) is 0 Å². The summed E-state index contributed by atoms with van der Waals surface area (Å²) >= 11 is 0. The molecule has 0 unspecified atom stereocenters. The van der Waals surface area contributed by atoms with Gasteiger partial charge in [0.2, 0.25) is 21.8 Å². The molecule has 2 rings (SSSR count). The average molecular weight is 488 g/mol. The third-order valence-corrected chi connectivity index (χ3v) is 6.91. The van der Waals surface area contributed by atoms with Crippen LogP contribution in [0, 0.1) is 20.8 Å². The number of hydrogen-bond donors (Lipinski definition) is 1. The van der Waals surface area contributed by atoms with Gasteiger partial charge in [-0.2, -0.15) is 0 Å². The second-order valence-electron chi connectivity index (χ2n) is 8.88. The number of unbranched alkanes of at least 4 members (excludes halogenated alkanes) is 1. The molecule has 1 N–H and O–H groups in total. The van der Waals surface area contributed by atoms with E-state index < -0.39 is 22.0 Å². The maximum atomic E-state index is 13.6. The molecule has 0 fully saturated rings. The SMILES string of the molecule is CCCCNC(=O)[C@@H](C)N(Cc1ccccc1C)C(=O)CN(c1cc(C)cc(C)c1)S(C)(=O)=O. The Kier molecular flexibility index (Phi) is 9.67. The number of amides is 2. The number of rotatable bonds is 11. The lowest BCUT2D eigenvalue weighted by molar-refractivity contribution is -0.139. The second-order valence-corrected chi connectivity index (χ2v) is 10.8. The average Bonchev–Trinajstić information content (AvgIpc) is 2.74. The molecular formula is C26H37N3O4S. The third-order valence-electron chi connectivity index (χ3n) is 5.77. The molecular weight excluding hydrogens is 450 g/mol. The van der Waals surface area contributed by atoms with Crippen molar-refractivity contribution in [2.24, 2.45) is 0 Å². The van der Waals surface area contributed by atoms with Gasteiger partial charge in [0.15, 0.2) is 0 Å². The first-order valence-corrected chi connectivity index (χ1v) is 13.5. The van der Waals surface area contributed by atoms with Crippen LogP contribution in [-0.4, -0.2) is 50.5 Å². The Morgan fingerprint density at radius 1 is 1.03 bits per heavy atom. The van der Waals surface area contributed by atoms with Crippen molar-refractivity contribution in [1.29, 1.82) is 0 Å². The van der Waals surface area contributed by atoms with Crippen LogP contribution in [0.3, 0.4) is 0 Å². The molecule has 0 saturated heterocycles. The van der Waals surface area contributed by atoms with Crippen molar-refractivity contribution < 1.29 is 18.0 Å². The van der Waals surface area contributed by atoms with Crippen LogP contribution in [-0.2, 0) is 26.2 Å². The van der Waals surface area contributed by atoms with Crippen molar-refractivity contribution >= 4 is 27.5 Å². The van der Waals surface area contributed by atoms with Gasteiger partial charge in [0.05, 0.1) is 11.9 Å². The second kappa shape index (κ2) is 12.0. The van der Waals surface area contributed by atoms with E-state index in [0.29, 0.717) is 12.2 Å². The van der Waals surface area contributed by atoms with Crippen LogP contribution < -0.4 is 9.62 Å². The highest BCUT2D eigenvalue weighted by atomic mass is 32.2. The zero-order valence-electron chi connectivity index (χ0n) is 21.1. The van der Waals surface area contributed by atoms with Crippen LogP contribution in [0.2, 0.25) is 0 Å². The number of hydrogen-bond acceptors (Lipinski definition) is 4. The van der Waals surface area contributed by atoms with Gasteiger partial charge < -0.3 is 10.2 Å². The third kappa shape index (κ3) is 7.58. The molecule has 0 aliphatic carbocycles. The number of sulfonamides is 1. The van der Waals surface area contributed by atoms with E-state index in [4.69, 9.17) is 0 Å². The molecule has 2 amide bonds. The van der Waals surface area contributed by atoms with E-state index >= 15 is 0 Å². The van der Waals surface area contributed by atoms with E-state index in [1.807, 2.05) is 58.0 Å². The molecule has 0 aliphatic rings. The van der Waals surface area contributed by atoms with Gasteiger partial charge in [-0.3, -0.25) is 13.9 Å². The lowest BCUT2D eigenvalue weighted by Gasteiger charge is -2.32. The Morgan fingerprint density at radius 2 is 1.65 bits per heavy atom. The first-order chi connectivity index (χ1) is 15.9. The summed E-state index contributed by atoms with van der Waals surface area (Å²) in [5.74, 6) is -0.696. The Bertz CT molecular complexity index is 1090. The van der Waals surface area contributed by atoms with Gasteiger partial charge in [0.25, 0.3) is 0 Å². The van der Waals surface area contributed by atoms with Crippen LogP contribution in [0.1, 0.15) is 48.9 Å². The molecule has 0 spiro atoms. The van der Waals surface area contributed by atoms with Crippen LogP contribution in [0.15, 0.2) is 42.5 Å². The Balaban J connectivity index is 2.39. The number of benzene rings is 2. The van der Waals surface area contributed by atoms with Gasteiger partial charge in [-0.05, 0) is 68.5 Å². The maximum absolute atomic E-state index is 13.6. The van der Waals surface area contributed by atoms with E-state index in [-0.39, 0.29) is 19.0 Å². The summed E-state index contributed by atoms with van der Waals surface area (Å²) in [6.45, 7) is 9.78. The zero-order valence-corrected chi connectivity index (χ0v) is 21.9. The van der Waals surface area contributed by atoms with E-state index in [0.717, 1.165) is 45.7 Å². The largest absolute Gasteiger partial charge is 0.354 e. The standard InChI is InChI=1S/C26H37N3O4S/c1-7-8-13-27-26(31)22(5)28(17-23-12-10-9-11-21(23)4)25(30)18-29(34(6,32)33)24-15-19(2)14-20(3)16-24/h9-12,14-16,22H,7-8,13,17-18H2,1-6H3,(H,27,31)/t22-/m1/s1. The highest BCUT2D eigenvalue weighted by molar-refractivity contribution is 7.92. The van der Waals surface area contributed by atoms with E-state index in [9.17, 15) is 18.0 Å². The summed E-state index contributed by atoms with van der Waals surface area (Å²) in [6, 6.07) is 12.3. The fourth-order valence-corrected chi connectivity index (χ4v) is 4.63. The smallest absolute Gasteiger partial charge is 0.244 e. The topological polar surface area (TPSA) is 86.8 Å². The monoisotopic (exact) mass is 487 g/mol. The molecule has 2 aromatic carbocycles. The normalized spacial score (nSPS) is 12.2. The molecule has 0 aliphatic heterocycles. The highest BCUT2D eigenvalue weighted by Crippen LogP contribution is 2.22. The summed E-state index contributed by atoms with van der Waals surface area (Å²) < 4.78 is 26.5. The van der Waals surface area contributed by atoms with Crippen molar-refractivity contribution in [2.75, 3.05) is 23.7 Å². The van der Waals surface area contributed by atoms with Gasteiger partial charge in [-0.1, -0.05) is 43.7 Å². The van der Waals surface area contributed by atoms with E-state index in [1.54, 1.807) is 19.1 Å². The lowest BCUT2D eigenvalue weighted by atomic mass is 10.1. The molecule has 0 aromatic heterocycles. The minimum absolute atomic E-state index is 0.207. The number of carbonyl (C=O) groups is 2. The minimum Gasteiger partial charge on any atom is -0.354 e. The summed E-state index contributed by atoms with van der Waals surface area (Å²) in [4.78, 5) is 27.9. The molecule has 0 heterocycles. The first-order valence-electron chi connectivity index (χ1n) is 11.6. The number of anilines is 1. The Hall–Kier alpha value is -2.87. The van der Waals surface area contributed by atoms with Crippen molar-refractivity contribution in [3.05, 3.63) is 64.7 Å². The van der Waals surface area contributed by atoms with Crippen molar-refractivity contribution in [2.45, 2.75) is 60.0 Å². The number of carbonyl (C=O) groups excluding carboxylic acids is 2. The number of nitrogens with zero attached hydrogens (tertiary/aromatic N) is 2. The summed E-state index contributed by atoms with van der Waals surface area (Å²) in [5.41, 5.74) is 4.13. The lowest BCUT2D eigenvalue weighted by Crippen LogP contribution is -2.51. The number of aryl methyl sites for hydroxylation is 3. The van der Waals surface area contributed by atoms with E-state index in [2.05, 4.69) is 5.32 Å². The van der Waals surface area contributed by atoms with Gasteiger partial charge in [-0.15, -0.1) is 0 Å². The molecule has 8 heteroatoms. The van der Waals surface area contributed by atoms with Gasteiger partial charge in [-0.25, -0.2) is 8.42 Å². The fourth-order valence-electron chi connectivity index (χ4n) is 3.80. The predicted octanol–water partition coefficient (Wildman–Crippen LogP) is 3.71. The first kappa shape index (κ1) is 27.4. The molecule has 34 heavy (non-hydrogen) atoms. The van der Waals surface area contributed by atoms with Crippen LogP contribution >= 0.6 is 0 Å². The molecule has 0 bridgehead atoms. The summed E-state index contributed by atoms with van der Waals surface area (Å²) in [7, 11) is -3.74. The summed E-state index contributed by atoms with van der Waals surface area (Å²) in [6.07, 6.45) is 2.88. The van der Waals surface area contributed by atoms with E-state index in [1.165, 1.54) is 4.90 Å². The Morgan fingerprint density at radius 3 is 2.21 bits per heavy atom. The molecule has 1 atom stereocenters. The Labute approximate surface area is 204 Å². The zero-order chi connectivity index (χ0) is 25.5. The molecule has 2 aromatic rings. The molecule has 7 nitrogen and oxygen atoms in total. The molecule has 0 radical (unpaired) electrons. The van der Waals surface area contributed by atoms with Crippen LogP contribution in [0.25, 0.3) is 0 Å². The predicted molar refractivity (Wildman–Crippen MR) is 137 cm³/mol. The highest BCUT2D eigenvalue weighted by Gasteiger charge is 2.30. The van der Waals surface area contributed by atoms with Gasteiger partial charge in [0.1, 0.15) is 12.6 Å². The van der Waals surface area contributed by atoms with Crippen molar-refractivity contribution in [3.8, 4) is 0 Å². The summed E-state index contributed by atoms with van der Waals surface area (Å²) in [5, 5.41) is 2.88. The van der Waals surface area contributed by atoms with Gasteiger partial charge in [0, 0.05) is 13.1 Å². The number of nitrogens with one attached hydrogen (secondary N) is 1. The van der Waals surface area contributed by atoms with Gasteiger partial charge >= 0.3 is 0 Å².